The van der Waals surface area contributed by atoms with Crippen LogP contribution in [0.2, 0.25) is 5.15 Å². The summed E-state index contributed by atoms with van der Waals surface area (Å²) in [5, 5.41) is 19.2. The van der Waals surface area contributed by atoms with Crippen molar-refractivity contribution in [1.82, 2.24) is 9.88 Å². The number of halogens is 1. The molecular weight excluding hydrogens is 284 g/mol. The molecule has 20 heavy (non-hydrogen) atoms. The van der Waals surface area contributed by atoms with Gasteiger partial charge in [-0.25, -0.2) is 4.98 Å². The Balaban J connectivity index is 3.14. The predicted octanol–water partition coefficient (Wildman–Crippen LogP) is 2.41. The standard InChI is InChI=1S/C12H13ClN4O3/c1-8(2)16(5-3-4-14)12(18)10-6-9(17(19)20)7-15-11(10)13/h6-8H,3,5H2,1-2H3. The summed E-state index contributed by atoms with van der Waals surface area (Å²) in [5.41, 5.74) is -0.339. The third kappa shape index (κ3) is 3.65. The minimum atomic E-state index is -0.644. The van der Waals surface area contributed by atoms with Gasteiger partial charge in [-0.3, -0.25) is 14.9 Å². The zero-order valence-corrected chi connectivity index (χ0v) is 11.8. The van der Waals surface area contributed by atoms with Crippen LogP contribution in [0.25, 0.3) is 0 Å². The molecule has 7 nitrogen and oxygen atoms in total. The monoisotopic (exact) mass is 296 g/mol. The van der Waals surface area contributed by atoms with E-state index in [9.17, 15) is 14.9 Å². The number of carbonyl (C=O) groups excluding carboxylic acids is 1. The molecule has 0 aliphatic rings. The number of hydrogen-bond acceptors (Lipinski definition) is 5. The third-order valence-electron chi connectivity index (χ3n) is 2.61. The first kappa shape index (κ1) is 15.9. The number of aromatic nitrogens is 1. The molecule has 0 aromatic carbocycles. The smallest absolute Gasteiger partial charge is 0.288 e. The van der Waals surface area contributed by atoms with Gasteiger partial charge >= 0.3 is 0 Å². The lowest BCUT2D eigenvalue weighted by Gasteiger charge is -2.25. The van der Waals surface area contributed by atoms with Crippen LogP contribution >= 0.6 is 11.6 Å². The van der Waals surface area contributed by atoms with E-state index in [1.807, 2.05) is 6.07 Å². The molecule has 0 atom stereocenters. The predicted molar refractivity (Wildman–Crippen MR) is 72.3 cm³/mol. The molecular formula is C12H13ClN4O3. The van der Waals surface area contributed by atoms with Crippen molar-refractivity contribution in [2.75, 3.05) is 6.54 Å². The molecule has 0 aliphatic carbocycles. The molecule has 1 aromatic heterocycles. The number of nitro groups is 1. The van der Waals surface area contributed by atoms with E-state index in [1.165, 1.54) is 4.90 Å². The van der Waals surface area contributed by atoms with Crippen LogP contribution in [0.4, 0.5) is 5.69 Å². The number of hydrogen-bond donors (Lipinski definition) is 0. The first-order chi connectivity index (χ1) is 9.38. The highest BCUT2D eigenvalue weighted by Crippen LogP contribution is 2.21. The molecule has 106 valence electrons. The van der Waals surface area contributed by atoms with Gasteiger partial charge in [-0.05, 0) is 13.8 Å². The van der Waals surface area contributed by atoms with Crippen LogP contribution in [0.1, 0.15) is 30.6 Å². The average molecular weight is 297 g/mol. The summed E-state index contributed by atoms with van der Waals surface area (Å²) in [6, 6.07) is 2.89. The summed E-state index contributed by atoms with van der Waals surface area (Å²) in [7, 11) is 0. The lowest BCUT2D eigenvalue weighted by Crippen LogP contribution is -2.37. The fourth-order valence-corrected chi connectivity index (χ4v) is 1.79. The highest BCUT2D eigenvalue weighted by Gasteiger charge is 2.23. The van der Waals surface area contributed by atoms with Gasteiger partial charge in [0, 0.05) is 18.7 Å². The van der Waals surface area contributed by atoms with E-state index in [1.54, 1.807) is 13.8 Å². The van der Waals surface area contributed by atoms with Gasteiger partial charge in [0.25, 0.3) is 11.6 Å². The number of amides is 1. The van der Waals surface area contributed by atoms with Crippen LogP contribution < -0.4 is 0 Å². The first-order valence-electron chi connectivity index (χ1n) is 5.86. The van der Waals surface area contributed by atoms with Crippen LogP contribution in [-0.2, 0) is 0 Å². The highest BCUT2D eigenvalue weighted by molar-refractivity contribution is 6.32. The van der Waals surface area contributed by atoms with Crippen molar-refractivity contribution in [1.29, 1.82) is 5.26 Å². The van der Waals surface area contributed by atoms with E-state index in [0.717, 1.165) is 12.3 Å². The minimum Gasteiger partial charge on any atom is -0.335 e. The molecule has 0 spiro atoms. The fourth-order valence-electron chi connectivity index (χ4n) is 1.61. The maximum atomic E-state index is 12.4. The number of carbonyl (C=O) groups is 1. The maximum absolute atomic E-state index is 12.4. The molecule has 0 N–H and O–H groups in total. The van der Waals surface area contributed by atoms with Gasteiger partial charge in [0.15, 0.2) is 0 Å². The van der Waals surface area contributed by atoms with Gasteiger partial charge in [0.1, 0.15) is 11.3 Å². The van der Waals surface area contributed by atoms with E-state index >= 15 is 0 Å². The molecule has 1 aromatic rings. The molecule has 0 saturated heterocycles. The van der Waals surface area contributed by atoms with Crippen molar-refractivity contribution >= 4 is 23.2 Å². The molecule has 0 aliphatic heterocycles. The Hall–Kier alpha value is -2.20. The van der Waals surface area contributed by atoms with Crippen LogP contribution in [0, 0.1) is 21.4 Å². The molecule has 0 saturated carbocycles. The summed E-state index contributed by atoms with van der Waals surface area (Å²) >= 11 is 5.83. The van der Waals surface area contributed by atoms with Crippen molar-refractivity contribution in [2.24, 2.45) is 0 Å². The summed E-state index contributed by atoms with van der Waals surface area (Å²) in [6.07, 6.45) is 1.16. The number of pyridine rings is 1. The van der Waals surface area contributed by atoms with Gasteiger partial charge < -0.3 is 4.90 Å². The number of rotatable bonds is 5. The molecule has 1 amide bonds. The van der Waals surface area contributed by atoms with E-state index in [0.29, 0.717) is 0 Å². The molecule has 0 fully saturated rings. The lowest BCUT2D eigenvalue weighted by atomic mass is 10.2. The summed E-state index contributed by atoms with van der Waals surface area (Å²) < 4.78 is 0. The Morgan fingerprint density at radius 2 is 2.30 bits per heavy atom. The highest BCUT2D eigenvalue weighted by atomic mass is 35.5. The molecule has 1 rings (SSSR count). The molecule has 0 bridgehead atoms. The second-order valence-corrected chi connectivity index (χ2v) is 4.65. The largest absolute Gasteiger partial charge is 0.335 e. The molecule has 8 heteroatoms. The Morgan fingerprint density at radius 1 is 1.65 bits per heavy atom. The second kappa shape index (κ2) is 6.82. The zero-order valence-electron chi connectivity index (χ0n) is 11.0. The number of nitrogens with zero attached hydrogens (tertiary/aromatic N) is 4. The topological polar surface area (TPSA) is 100 Å². The molecule has 1 heterocycles. The average Bonchev–Trinajstić information content (AvgIpc) is 2.38. The second-order valence-electron chi connectivity index (χ2n) is 4.29. The Labute approximate surface area is 120 Å². The van der Waals surface area contributed by atoms with Crippen molar-refractivity contribution in [2.45, 2.75) is 26.3 Å². The van der Waals surface area contributed by atoms with Crippen LogP contribution in [0.15, 0.2) is 12.3 Å². The first-order valence-corrected chi connectivity index (χ1v) is 6.24. The van der Waals surface area contributed by atoms with Crippen LogP contribution in [0.5, 0.6) is 0 Å². The Bertz CT molecular complexity index is 568. The summed E-state index contributed by atoms with van der Waals surface area (Å²) in [4.78, 5) is 27.5. The van der Waals surface area contributed by atoms with Gasteiger partial charge in [0.2, 0.25) is 0 Å². The normalized spacial score (nSPS) is 10.2. The van der Waals surface area contributed by atoms with E-state index in [-0.39, 0.29) is 35.4 Å². The van der Waals surface area contributed by atoms with Crippen LogP contribution in [0.3, 0.4) is 0 Å². The summed E-state index contributed by atoms with van der Waals surface area (Å²) in [6.45, 7) is 3.80. The van der Waals surface area contributed by atoms with Gasteiger partial charge in [-0.1, -0.05) is 11.6 Å². The molecule has 0 unspecified atom stereocenters. The number of nitriles is 1. The minimum absolute atomic E-state index is 0.0347. The quantitative estimate of drug-likeness (QED) is 0.472. The zero-order chi connectivity index (χ0) is 15.3. The SMILES string of the molecule is CC(C)N(CCC#N)C(=O)c1cc([N+](=O)[O-])cnc1Cl. The van der Waals surface area contributed by atoms with E-state index in [2.05, 4.69) is 4.98 Å². The van der Waals surface area contributed by atoms with E-state index < -0.39 is 10.8 Å². The summed E-state index contributed by atoms with van der Waals surface area (Å²) in [5.74, 6) is -0.476. The maximum Gasteiger partial charge on any atom is 0.288 e. The lowest BCUT2D eigenvalue weighted by molar-refractivity contribution is -0.385. The molecule has 0 radical (unpaired) electrons. The Kier molecular flexibility index (Phi) is 5.41. The third-order valence-corrected chi connectivity index (χ3v) is 2.92. The Morgan fingerprint density at radius 3 is 2.80 bits per heavy atom. The van der Waals surface area contributed by atoms with Gasteiger partial charge in [-0.15, -0.1) is 0 Å². The van der Waals surface area contributed by atoms with Crippen molar-refractivity contribution in [3.63, 3.8) is 0 Å². The van der Waals surface area contributed by atoms with Crippen LogP contribution in [-0.4, -0.2) is 33.3 Å². The van der Waals surface area contributed by atoms with Crippen molar-refractivity contribution in [3.05, 3.63) is 33.1 Å². The van der Waals surface area contributed by atoms with Crippen molar-refractivity contribution in [3.8, 4) is 6.07 Å². The van der Waals surface area contributed by atoms with E-state index in [4.69, 9.17) is 16.9 Å². The van der Waals surface area contributed by atoms with Crippen molar-refractivity contribution < 1.29 is 9.72 Å². The van der Waals surface area contributed by atoms with Gasteiger partial charge in [-0.2, -0.15) is 5.26 Å². The fraction of sp³-hybridized carbons (Fsp3) is 0.417. The van der Waals surface area contributed by atoms with Gasteiger partial charge in [0.05, 0.1) is 23.0 Å².